The highest BCUT2D eigenvalue weighted by Crippen LogP contribution is 2.21. The van der Waals surface area contributed by atoms with Crippen LogP contribution in [0.15, 0.2) is 48.7 Å². The third-order valence-corrected chi connectivity index (χ3v) is 3.57. The number of halogens is 2. The molecule has 2 N–H and O–H groups in total. The van der Waals surface area contributed by atoms with E-state index in [0.717, 1.165) is 22.5 Å². The van der Waals surface area contributed by atoms with Crippen molar-refractivity contribution in [3.8, 4) is 0 Å². The first-order chi connectivity index (χ1) is 10.0. The molecule has 21 heavy (non-hydrogen) atoms. The van der Waals surface area contributed by atoms with Gasteiger partial charge in [-0.15, -0.1) is 0 Å². The van der Waals surface area contributed by atoms with Gasteiger partial charge in [-0.3, -0.25) is 0 Å². The Morgan fingerprint density at radius 2 is 1.81 bits per heavy atom. The summed E-state index contributed by atoms with van der Waals surface area (Å²) in [6.07, 6.45) is 1.86. The maximum Gasteiger partial charge on any atom is 0.126 e. The van der Waals surface area contributed by atoms with Gasteiger partial charge in [0.05, 0.1) is 0 Å². The molecule has 3 aromatic rings. The van der Waals surface area contributed by atoms with Gasteiger partial charge in [0, 0.05) is 35.3 Å². The molecule has 0 radical (unpaired) electrons. The number of fused-ring (bicyclic) bond motifs is 1. The van der Waals surface area contributed by atoms with Gasteiger partial charge in [0.2, 0.25) is 0 Å². The highest BCUT2D eigenvalue weighted by atomic mass is 32.1. The molecule has 0 aliphatic rings. The predicted octanol–water partition coefficient (Wildman–Crippen LogP) is 3.60. The van der Waals surface area contributed by atoms with Crippen molar-refractivity contribution in [1.82, 2.24) is 4.57 Å². The van der Waals surface area contributed by atoms with Crippen molar-refractivity contribution in [2.45, 2.75) is 6.54 Å². The normalized spacial score (nSPS) is 11.0. The quantitative estimate of drug-likeness (QED) is 0.749. The van der Waals surface area contributed by atoms with Crippen LogP contribution in [0.1, 0.15) is 11.1 Å². The Morgan fingerprint density at radius 1 is 1.10 bits per heavy atom. The van der Waals surface area contributed by atoms with Gasteiger partial charge < -0.3 is 10.3 Å². The molecule has 106 valence electrons. The summed E-state index contributed by atoms with van der Waals surface area (Å²) in [6, 6.07) is 11.1. The summed E-state index contributed by atoms with van der Waals surface area (Å²) in [5.74, 6) is -1.16. The highest BCUT2D eigenvalue weighted by Gasteiger charge is 2.08. The smallest absolute Gasteiger partial charge is 0.126 e. The second-order valence-corrected chi connectivity index (χ2v) is 5.26. The average molecular weight is 302 g/mol. The molecule has 0 bridgehead atoms. The zero-order valence-electron chi connectivity index (χ0n) is 11.0. The van der Waals surface area contributed by atoms with Crippen molar-refractivity contribution in [2.75, 3.05) is 0 Å². The van der Waals surface area contributed by atoms with E-state index in [-0.39, 0.29) is 0 Å². The van der Waals surface area contributed by atoms with E-state index in [4.69, 9.17) is 18.0 Å². The van der Waals surface area contributed by atoms with Crippen LogP contribution in [0.2, 0.25) is 0 Å². The molecular formula is C16H12F2N2S. The largest absolute Gasteiger partial charge is 0.389 e. The lowest BCUT2D eigenvalue weighted by atomic mass is 10.1. The predicted molar refractivity (Wildman–Crippen MR) is 83.3 cm³/mol. The molecule has 1 heterocycles. The van der Waals surface area contributed by atoms with Crippen molar-refractivity contribution in [3.05, 3.63) is 71.4 Å². The maximum atomic E-state index is 13.3. The monoisotopic (exact) mass is 302 g/mol. The van der Waals surface area contributed by atoms with Crippen LogP contribution in [0.25, 0.3) is 10.9 Å². The van der Waals surface area contributed by atoms with Crippen LogP contribution in [0.4, 0.5) is 8.78 Å². The Hall–Kier alpha value is -2.27. The van der Waals surface area contributed by atoms with Crippen molar-refractivity contribution in [3.63, 3.8) is 0 Å². The van der Waals surface area contributed by atoms with E-state index in [1.165, 1.54) is 12.1 Å². The third-order valence-electron chi connectivity index (χ3n) is 3.35. The molecule has 0 aliphatic heterocycles. The minimum absolute atomic E-state index is 0.329. The lowest BCUT2D eigenvalue weighted by molar-refractivity contribution is 0.578. The maximum absolute atomic E-state index is 13.3. The van der Waals surface area contributed by atoms with Crippen LogP contribution in [0.5, 0.6) is 0 Å². The number of thiocarbonyl (C=S) groups is 1. The summed E-state index contributed by atoms with van der Waals surface area (Å²) in [6.45, 7) is 0.374. The molecule has 0 fully saturated rings. The van der Waals surface area contributed by atoms with Gasteiger partial charge >= 0.3 is 0 Å². The summed E-state index contributed by atoms with van der Waals surface area (Å²) >= 11 is 5.03. The summed E-state index contributed by atoms with van der Waals surface area (Å²) in [5.41, 5.74) is 7.98. The Labute approximate surface area is 125 Å². The summed E-state index contributed by atoms with van der Waals surface area (Å²) in [5, 5.41) is 0.932. The number of hydrogen-bond donors (Lipinski definition) is 1. The Balaban J connectivity index is 2.05. The van der Waals surface area contributed by atoms with E-state index in [1.807, 2.05) is 35.0 Å². The van der Waals surface area contributed by atoms with E-state index < -0.39 is 11.6 Å². The van der Waals surface area contributed by atoms with E-state index in [1.54, 1.807) is 0 Å². The van der Waals surface area contributed by atoms with E-state index in [0.29, 0.717) is 17.1 Å². The lowest BCUT2D eigenvalue weighted by Gasteiger charge is -2.07. The number of nitrogens with two attached hydrogens (primary N) is 1. The van der Waals surface area contributed by atoms with Crippen LogP contribution in [-0.2, 0) is 6.54 Å². The van der Waals surface area contributed by atoms with E-state index in [2.05, 4.69) is 0 Å². The first-order valence-corrected chi connectivity index (χ1v) is 6.78. The molecule has 2 nitrogen and oxygen atoms in total. The minimum Gasteiger partial charge on any atom is -0.389 e. The molecule has 0 saturated heterocycles. The van der Waals surface area contributed by atoms with Gasteiger partial charge in [-0.1, -0.05) is 24.4 Å². The van der Waals surface area contributed by atoms with E-state index in [9.17, 15) is 8.78 Å². The molecule has 0 spiro atoms. The second kappa shape index (κ2) is 5.26. The zero-order chi connectivity index (χ0) is 15.0. The molecule has 0 unspecified atom stereocenters. The van der Waals surface area contributed by atoms with Gasteiger partial charge in [-0.2, -0.15) is 0 Å². The molecule has 0 atom stereocenters. The minimum atomic E-state index is -0.578. The zero-order valence-corrected chi connectivity index (χ0v) is 11.8. The fraction of sp³-hybridized carbons (Fsp3) is 0.0625. The Kier molecular flexibility index (Phi) is 3.43. The topological polar surface area (TPSA) is 30.9 Å². The van der Waals surface area contributed by atoms with Gasteiger partial charge in [-0.25, -0.2) is 8.78 Å². The van der Waals surface area contributed by atoms with Crippen molar-refractivity contribution >= 4 is 28.1 Å². The van der Waals surface area contributed by atoms with Gasteiger partial charge in [0.25, 0.3) is 0 Å². The van der Waals surface area contributed by atoms with Gasteiger partial charge in [-0.05, 0) is 29.8 Å². The lowest BCUT2D eigenvalue weighted by Crippen LogP contribution is -2.09. The number of nitrogens with zero attached hydrogens (tertiary/aromatic N) is 1. The highest BCUT2D eigenvalue weighted by molar-refractivity contribution is 7.80. The summed E-state index contributed by atoms with van der Waals surface area (Å²) < 4.78 is 28.4. The second-order valence-electron chi connectivity index (χ2n) is 4.82. The number of benzene rings is 2. The average Bonchev–Trinajstić information content (AvgIpc) is 2.80. The number of hydrogen-bond acceptors (Lipinski definition) is 1. The third kappa shape index (κ3) is 2.64. The fourth-order valence-corrected chi connectivity index (χ4v) is 2.65. The summed E-state index contributed by atoms with van der Waals surface area (Å²) in [7, 11) is 0. The van der Waals surface area contributed by atoms with Crippen molar-refractivity contribution < 1.29 is 8.78 Å². The van der Waals surface area contributed by atoms with Crippen LogP contribution in [-0.4, -0.2) is 9.56 Å². The number of rotatable bonds is 3. The van der Waals surface area contributed by atoms with E-state index >= 15 is 0 Å². The first kappa shape index (κ1) is 13.7. The molecule has 0 amide bonds. The molecule has 0 aliphatic carbocycles. The molecular weight excluding hydrogens is 290 g/mol. The Bertz CT molecular complexity index is 819. The first-order valence-electron chi connectivity index (χ1n) is 6.37. The fourth-order valence-electron chi connectivity index (χ4n) is 2.48. The van der Waals surface area contributed by atoms with Gasteiger partial charge in [0.15, 0.2) is 0 Å². The van der Waals surface area contributed by atoms with Crippen LogP contribution < -0.4 is 5.73 Å². The standard InChI is InChI=1S/C16H12F2N2S/c17-11-6-10(7-12(18)8-11)9-20-5-4-13-14(16(19)21)2-1-3-15(13)20/h1-8H,9H2,(H2,19,21). The van der Waals surface area contributed by atoms with Gasteiger partial charge in [0.1, 0.15) is 16.6 Å². The SMILES string of the molecule is NC(=S)c1cccc2c1ccn2Cc1cc(F)cc(F)c1. The molecule has 5 heteroatoms. The van der Waals surface area contributed by atoms with Crippen LogP contribution in [0, 0.1) is 11.6 Å². The van der Waals surface area contributed by atoms with Crippen molar-refractivity contribution in [1.29, 1.82) is 0 Å². The van der Waals surface area contributed by atoms with Crippen LogP contribution in [0.3, 0.4) is 0 Å². The number of aromatic nitrogens is 1. The van der Waals surface area contributed by atoms with Crippen molar-refractivity contribution in [2.24, 2.45) is 5.73 Å². The molecule has 0 saturated carbocycles. The summed E-state index contributed by atoms with van der Waals surface area (Å²) in [4.78, 5) is 0.329. The molecule has 1 aromatic heterocycles. The molecule has 2 aromatic carbocycles. The Morgan fingerprint density at radius 3 is 2.48 bits per heavy atom. The van der Waals surface area contributed by atoms with Crippen LogP contribution >= 0.6 is 12.2 Å². The molecule has 3 rings (SSSR count).